The summed E-state index contributed by atoms with van der Waals surface area (Å²) in [5, 5.41) is 4.21. The molecular formula is C17H23N3OS2. The molecule has 1 fully saturated rings. The molecule has 0 aliphatic carbocycles. The molecule has 3 heterocycles. The Labute approximate surface area is 145 Å². The van der Waals surface area contributed by atoms with Crippen LogP contribution in [0.5, 0.6) is 0 Å². The number of rotatable bonds is 6. The van der Waals surface area contributed by atoms with Gasteiger partial charge in [0.15, 0.2) is 0 Å². The number of hydrogen-bond acceptors (Lipinski definition) is 5. The van der Waals surface area contributed by atoms with Crippen LogP contribution in [-0.4, -0.2) is 46.9 Å². The molecule has 0 aromatic carbocycles. The van der Waals surface area contributed by atoms with Crippen LogP contribution in [0.4, 0.5) is 0 Å². The van der Waals surface area contributed by atoms with Gasteiger partial charge in [-0.15, -0.1) is 22.7 Å². The van der Waals surface area contributed by atoms with Gasteiger partial charge in [-0.3, -0.25) is 9.69 Å². The quantitative estimate of drug-likeness (QED) is 0.803. The maximum absolute atomic E-state index is 12.4. The SMILES string of the molecule is O=C(CCCc1cccs1)N1CCCN(Cc2cscn2)CC1. The molecule has 0 N–H and O–H groups in total. The van der Waals surface area contributed by atoms with Crippen LogP contribution in [0, 0.1) is 0 Å². The third kappa shape index (κ3) is 5.12. The summed E-state index contributed by atoms with van der Waals surface area (Å²) >= 11 is 3.42. The van der Waals surface area contributed by atoms with Crippen molar-refractivity contribution >= 4 is 28.6 Å². The van der Waals surface area contributed by atoms with Crippen LogP contribution in [0.3, 0.4) is 0 Å². The van der Waals surface area contributed by atoms with Gasteiger partial charge in [0, 0.05) is 49.4 Å². The Kier molecular flexibility index (Phi) is 6.19. The molecule has 2 aromatic heterocycles. The van der Waals surface area contributed by atoms with Gasteiger partial charge in [0.25, 0.3) is 0 Å². The maximum Gasteiger partial charge on any atom is 0.222 e. The van der Waals surface area contributed by atoms with E-state index >= 15 is 0 Å². The Bertz CT molecular complexity index is 583. The van der Waals surface area contributed by atoms with Crippen molar-refractivity contribution in [3.8, 4) is 0 Å². The van der Waals surface area contributed by atoms with E-state index in [4.69, 9.17) is 0 Å². The zero-order valence-electron chi connectivity index (χ0n) is 13.3. The number of aromatic nitrogens is 1. The molecule has 0 saturated carbocycles. The number of thiophene rings is 1. The number of thiazole rings is 1. The Morgan fingerprint density at radius 1 is 1.26 bits per heavy atom. The van der Waals surface area contributed by atoms with Crippen molar-refractivity contribution in [1.29, 1.82) is 0 Å². The highest BCUT2D eigenvalue weighted by Crippen LogP contribution is 2.14. The Morgan fingerprint density at radius 3 is 3.00 bits per heavy atom. The molecule has 0 radical (unpaired) electrons. The van der Waals surface area contributed by atoms with Crippen molar-refractivity contribution in [1.82, 2.24) is 14.8 Å². The normalized spacial score (nSPS) is 16.4. The number of carbonyl (C=O) groups is 1. The van der Waals surface area contributed by atoms with Gasteiger partial charge in [0.05, 0.1) is 11.2 Å². The smallest absolute Gasteiger partial charge is 0.222 e. The minimum Gasteiger partial charge on any atom is -0.341 e. The molecule has 4 nitrogen and oxygen atoms in total. The lowest BCUT2D eigenvalue weighted by Crippen LogP contribution is -2.35. The summed E-state index contributed by atoms with van der Waals surface area (Å²) in [5.74, 6) is 0.317. The second-order valence-corrected chi connectivity index (χ2v) is 7.67. The fraction of sp³-hybridized carbons (Fsp3) is 0.529. The molecule has 1 saturated heterocycles. The summed E-state index contributed by atoms with van der Waals surface area (Å²) in [6.45, 7) is 4.65. The van der Waals surface area contributed by atoms with Crippen molar-refractivity contribution in [2.75, 3.05) is 26.2 Å². The molecule has 6 heteroatoms. The van der Waals surface area contributed by atoms with Crippen molar-refractivity contribution in [3.05, 3.63) is 39.0 Å². The van der Waals surface area contributed by atoms with Crippen molar-refractivity contribution in [2.24, 2.45) is 0 Å². The fourth-order valence-electron chi connectivity index (χ4n) is 2.95. The first-order chi connectivity index (χ1) is 11.3. The molecule has 124 valence electrons. The summed E-state index contributed by atoms with van der Waals surface area (Å²) in [7, 11) is 0. The number of amides is 1. The molecule has 1 amide bonds. The van der Waals surface area contributed by atoms with Gasteiger partial charge >= 0.3 is 0 Å². The van der Waals surface area contributed by atoms with Gasteiger partial charge < -0.3 is 4.90 Å². The largest absolute Gasteiger partial charge is 0.341 e. The molecule has 1 aliphatic heterocycles. The summed E-state index contributed by atoms with van der Waals surface area (Å²) < 4.78 is 0. The van der Waals surface area contributed by atoms with Gasteiger partial charge in [-0.1, -0.05) is 6.07 Å². The van der Waals surface area contributed by atoms with Crippen LogP contribution < -0.4 is 0 Å². The van der Waals surface area contributed by atoms with E-state index < -0.39 is 0 Å². The van der Waals surface area contributed by atoms with Gasteiger partial charge in [-0.05, 0) is 30.7 Å². The van der Waals surface area contributed by atoms with Crippen LogP contribution in [-0.2, 0) is 17.8 Å². The average molecular weight is 350 g/mol. The van der Waals surface area contributed by atoms with Crippen molar-refractivity contribution < 1.29 is 4.79 Å². The van der Waals surface area contributed by atoms with Crippen molar-refractivity contribution in [2.45, 2.75) is 32.2 Å². The highest BCUT2D eigenvalue weighted by atomic mass is 32.1. The molecule has 0 atom stereocenters. The second-order valence-electron chi connectivity index (χ2n) is 5.92. The Morgan fingerprint density at radius 2 is 2.22 bits per heavy atom. The Hall–Kier alpha value is -1.24. The first kappa shape index (κ1) is 16.6. The number of aryl methyl sites for hydroxylation is 1. The lowest BCUT2D eigenvalue weighted by molar-refractivity contribution is -0.131. The van der Waals surface area contributed by atoms with E-state index in [1.54, 1.807) is 22.7 Å². The standard InChI is InChI=1S/C17H23N3OS2/c21-17(6-1-4-16-5-2-11-23-16)20-8-3-7-19(9-10-20)12-15-13-22-14-18-15/h2,5,11,13-14H,1,3-4,6-10,12H2. The second kappa shape index (κ2) is 8.57. The minimum atomic E-state index is 0.317. The summed E-state index contributed by atoms with van der Waals surface area (Å²) in [4.78, 5) is 22.6. The number of carbonyl (C=O) groups excluding carboxylic acids is 1. The summed E-state index contributed by atoms with van der Waals surface area (Å²) in [5.41, 5.74) is 3.03. The summed E-state index contributed by atoms with van der Waals surface area (Å²) in [6.07, 6.45) is 3.70. The molecule has 3 rings (SSSR count). The van der Waals surface area contributed by atoms with E-state index in [-0.39, 0.29) is 0 Å². The molecule has 0 unspecified atom stereocenters. The number of nitrogens with zero attached hydrogens (tertiary/aromatic N) is 3. The predicted octanol–water partition coefficient (Wildman–Crippen LogP) is 3.26. The zero-order chi connectivity index (χ0) is 15.9. The van der Waals surface area contributed by atoms with E-state index in [0.29, 0.717) is 12.3 Å². The first-order valence-electron chi connectivity index (χ1n) is 8.21. The van der Waals surface area contributed by atoms with E-state index in [0.717, 1.165) is 57.7 Å². The van der Waals surface area contributed by atoms with Crippen molar-refractivity contribution in [3.63, 3.8) is 0 Å². The van der Waals surface area contributed by atoms with Gasteiger partial charge in [-0.2, -0.15) is 0 Å². The number of hydrogen-bond donors (Lipinski definition) is 0. The maximum atomic E-state index is 12.4. The lowest BCUT2D eigenvalue weighted by atomic mass is 10.2. The third-order valence-electron chi connectivity index (χ3n) is 4.20. The van der Waals surface area contributed by atoms with Gasteiger partial charge in [0.1, 0.15) is 0 Å². The average Bonchev–Trinajstić information content (AvgIpc) is 3.19. The summed E-state index contributed by atoms with van der Waals surface area (Å²) in [6, 6.07) is 4.23. The predicted molar refractivity (Wildman–Crippen MR) is 95.8 cm³/mol. The lowest BCUT2D eigenvalue weighted by Gasteiger charge is -2.21. The third-order valence-corrected chi connectivity index (χ3v) is 5.78. The molecule has 2 aromatic rings. The molecule has 1 aliphatic rings. The van der Waals surface area contributed by atoms with Gasteiger partial charge in [0.2, 0.25) is 5.91 Å². The van der Waals surface area contributed by atoms with Gasteiger partial charge in [-0.25, -0.2) is 4.98 Å². The molecule has 0 spiro atoms. The van der Waals surface area contributed by atoms with E-state index in [1.165, 1.54) is 4.88 Å². The first-order valence-corrected chi connectivity index (χ1v) is 10.0. The van der Waals surface area contributed by atoms with Crippen LogP contribution in [0.15, 0.2) is 28.4 Å². The van der Waals surface area contributed by atoms with Crippen LogP contribution in [0.25, 0.3) is 0 Å². The minimum absolute atomic E-state index is 0.317. The zero-order valence-corrected chi connectivity index (χ0v) is 15.0. The van der Waals surface area contributed by atoms with Crippen LogP contribution in [0.2, 0.25) is 0 Å². The van der Waals surface area contributed by atoms with E-state index in [1.807, 2.05) is 5.51 Å². The molecular weight excluding hydrogens is 326 g/mol. The highest BCUT2D eigenvalue weighted by Gasteiger charge is 2.19. The fourth-order valence-corrected chi connectivity index (χ4v) is 4.25. The Balaban J connectivity index is 1.41. The van der Waals surface area contributed by atoms with E-state index in [9.17, 15) is 4.79 Å². The highest BCUT2D eigenvalue weighted by molar-refractivity contribution is 7.09. The van der Waals surface area contributed by atoms with Crippen LogP contribution >= 0.6 is 22.7 Å². The van der Waals surface area contributed by atoms with Crippen LogP contribution in [0.1, 0.15) is 29.8 Å². The molecule has 23 heavy (non-hydrogen) atoms. The monoisotopic (exact) mass is 349 g/mol. The molecule has 0 bridgehead atoms. The topological polar surface area (TPSA) is 36.4 Å². The van der Waals surface area contributed by atoms with E-state index in [2.05, 4.69) is 37.7 Å².